The Morgan fingerprint density at radius 1 is 1.25 bits per heavy atom. The third-order valence-corrected chi connectivity index (χ3v) is 3.62. The highest BCUT2D eigenvalue weighted by Crippen LogP contribution is 2.17. The van der Waals surface area contributed by atoms with Gasteiger partial charge in [-0.1, -0.05) is 6.07 Å². The number of nitrogens with zero attached hydrogens (tertiary/aromatic N) is 3. The molecule has 0 bridgehead atoms. The smallest absolute Gasteiger partial charge is 0.320 e. The van der Waals surface area contributed by atoms with Crippen LogP contribution in [0.1, 0.15) is 6.42 Å². The monoisotopic (exact) mass is 277 g/mol. The molecule has 0 aromatic carbocycles. The van der Waals surface area contributed by atoms with Gasteiger partial charge in [0.1, 0.15) is 6.10 Å². The molecule has 1 aromatic rings. The first kappa shape index (κ1) is 13.2. The summed E-state index contributed by atoms with van der Waals surface area (Å²) in [4.78, 5) is 20.2. The number of aromatic nitrogens is 1. The van der Waals surface area contributed by atoms with E-state index in [1.54, 1.807) is 6.20 Å². The topological polar surface area (TPSA) is 54.9 Å². The maximum absolute atomic E-state index is 12.3. The number of hydrogen-bond acceptors (Lipinski definition) is 4. The summed E-state index contributed by atoms with van der Waals surface area (Å²) in [6, 6.07) is 5.69. The van der Waals surface area contributed by atoms with E-state index in [4.69, 9.17) is 9.47 Å². The van der Waals surface area contributed by atoms with Crippen LogP contribution in [0.2, 0.25) is 0 Å². The lowest BCUT2D eigenvalue weighted by molar-refractivity contribution is 0.0443. The van der Waals surface area contributed by atoms with Crippen LogP contribution in [0, 0.1) is 0 Å². The first-order valence-corrected chi connectivity index (χ1v) is 7.02. The Morgan fingerprint density at radius 2 is 2.10 bits per heavy atom. The van der Waals surface area contributed by atoms with Gasteiger partial charge in [-0.15, -0.1) is 0 Å². The van der Waals surface area contributed by atoms with Gasteiger partial charge in [-0.05, 0) is 6.07 Å². The lowest BCUT2D eigenvalue weighted by Gasteiger charge is -2.30. The number of morpholine rings is 1. The summed E-state index contributed by atoms with van der Waals surface area (Å²) in [5.41, 5.74) is 0. The highest BCUT2D eigenvalue weighted by molar-refractivity contribution is 5.74. The van der Waals surface area contributed by atoms with Crippen molar-refractivity contribution in [1.29, 1.82) is 0 Å². The van der Waals surface area contributed by atoms with Gasteiger partial charge in [-0.3, -0.25) is 0 Å². The zero-order valence-electron chi connectivity index (χ0n) is 11.4. The molecule has 2 aliphatic heterocycles. The van der Waals surface area contributed by atoms with Crippen LogP contribution >= 0.6 is 0 Å². The zero-order chi connectivity index (χ0) is 13.8. The second-order valence-corrected chi connectivity index (χ2v) is 5.02. The second kappa shape index (κ2) is 6.09. The SMILES string of the molecule is O=C(N1CCOCC1)N1CC[C@@H](Oc2ccccn2)C1. The highest BCUT2D eigenvalue weighted by Gasteiger charge is 2.31. The Morgan fingerprint density at radius 3 is 2.85 bits per heavy atom. The van der Waals surface area contributed by atoms with E-state index in [0.29, 0.717) is 38.7 Å². The maximum atomic E-state index is 12.3. The highest BCUT2D eigenvalue weighted by atomic mass is 16.5. The van der Waals surface area contributed by atoms with Gasteiger partial charge in [0, 0.05) is 38.3 Å². The van der Waals surface area contributed by atoms with Crippen molar-refractivity contribution < 1.29 is 14.3 Å². The average Bonchev–Trinajstić information content (AvgIpc) is 2.97. The molecule has 20 heavy (non-hydrogen) atoms. The molecule has 0 spiro atoms. The number of hydrogen-bond donors (Lipinski definition) is 0. The van der Waals surface area contributed by atoms with Crippen LogP contribution in [-0.2, 0) is 4.74 Å². The van der Waals surface area contributed by atoms with Crippen LogP contribution in [0.4, 0.5) is 4.79 Å². The van der Waals surface area contributed by atoms with Crippen molar-refractivity contribution in [2.75, 3.05) is 39.4 Å². The van der Waals surface area contributed by atoms with E-state index in [1.165, 1.54) is 0 Å². The summed E-state index contributed by atoms with van der Waals surface area (Å²) in [5, 5.41) is 0. The van der Waals surface area contributed by atoms with E-state index >= 15 is 0 Å². The fourth-order valence-corrected chi connectivity index (χ4v) is 2.54. The molecule has 0 radical (unpaired) electrons. The fourth-order valence-electron chi connectivity index (χ4n) is 2.54. The van der Waals surface area contributed by atoms with Crippen molar-refractivity contribution in [1.82, 2.24) is 14.8 Å². The predicted molar refractivity (Wildman–Crippen MR) is 72.6 cm³/mol. The van der Waals surface area contributed by atoms with Crippen LogP contribution in [0.3, 0.4) is 0 Å². The fraction of sp³-hybridized carbons (Fsp3) is 0.571. The van der Waals surface area contributed by atoms with Gasteiger partial charge in [0.2, 0.25) is 5.88 Å². The Balaban J connectivity index is 1.52. The third-order valence-electron chi connectivity index (χ3n) is 3.62. The minimum absolute atomic E-state index is 0.0369. The van der Waals surface area contributed by atoms with Gasteiger partial charge in [-0.2, -0.15) is 0 Å². The third kappa shape index (κ3) is 3.01. The maximum Gasteiger partial charge on any atom is 0.320 e. The molecule has 1 atom stereocenters. The predicted octanol–water partition coefficient (Wildman–Crippen LogP) is 0.987. The van der Waals surface area contributed by atoms with Crippen LogP contribution in [0.5, 0.6) is 5.88 Å². The van der Waals surface area contributed by atoms with Crippen molar-refractivity contribution >= 4 is 6.03 Å². The summed E-state index contributed by atoms with van der Waals surface area (Å²) in [7, 11) is 0. The first-order chi connectivity index (χ1) is 9.83. The van der Waals surface area contributed by atoms with Crippen molar-refractivity contribution in [3.63, 3.8) is 0 Å². The number of urea groups is 1. The zero-order valence-corrected chi connectivity index (χ0v) is 11.4. The summed E-state index contributed by atoms with van der Waals surface area (Å²) >= 11 is 0. The molecule has 2 aliphatic rings. The molecule has 0 aliphatic carbocycles. The van der Waals surface area contributed by atoms with Gasteiger partial charge in [0.05, 0.1) is 19.8 Å². The standard InChI is InChI=1S/C14H19N3O3/c18-14(16-7-9-19-10-8-16)17-6-4-12(11-17)20-13-3-1-2-5-15-13/h1-3,5,12H,4,6-11H2/t12-/m1/s1. The minimum atomic E-state index is 0.0369. The molecule has 1 aromatic heterocycles. The molecule has 0 unspecified atom stereocenters. The van der Waals surface area contributed by atoms with Crippen molar-refractivity contribution in [3.05, 3.63) is 24.4 Å². The van der Waals surface area contributed by atoms with Crippen LogP contribution < -0.4 is 4.74 Å². The summed E-state index contributed by atoms with van der Waals surface area (Å²) < 4.78 is 11.1. The molecule has 0 saturated carbocycles. The van der Waals surface area contributed by atoms with E-state index in [1.807, 2.05) is 28.0 Å². The number of rotatable bonds is 2. The molecule has 0 N–H and O–H groups in total. The van der Waals surface area contributed by atoms with E-state index in [9.17, 15) is 4.79 Å². The number of likely N-dealkylation sites (tertiary alicyclic amines) is 1. The lowest BCUT2D eigenvalue weighted by atomic mass is 10.3. The quantitative estimate of drug-likeness (QED) is 0.809. The number of pyridine rings is 1. The van der Waals surface area contributed by atoms with E-state index in [2.05, 4.69) is 4.98 Å². The van der Waals surface area contributed by atoms with Crippen LogP contribution in [-0.4, -0.2) is 66.3 Å². The second-order valence-electron chi connectivity index (χ2n) is 5.02. The molecular weight excluding hydrogens is 258 g/mol. The largest absolute Gasteiger partial charge is 0.472 e. The molecule has 2 saturated heterocycles. The Labute approximate surface area is 118 Å². The molecule has 3 heterocycles. The van der Waals surface area contributed by atoms with Crippen molar-refractivity contribution in [2.24, 2.45) is 0 Å². The number of carbonyl (C=O) groups is 1. The van der Waals surface area contributed by atoms with Gasteiger partial charge < -0.3 is 19.3 Å². The van der Waals surface area contributed by atoms with Gasteiger partial charge >= 0.3 is 6.03 Å². The van der Waals surface area contributed by atoms with Gasteiger partial charge in [0.25, 0.3) is 0 Å². The normalized spacial score (nSPS) is 22.9. The molecular formula is C14H19N3O3. The first-order valence-electron chi connectivity index (χ1n) is 7.02. The molecule has 6 nitrogen and oxygen atoms in total. The summed E-state index contributed by atoms with van der Waals surface area (Å²) in [6.45, 7) is 4.00. The van der Waals surface area contributed by atoms with Crippen LogP contribution in [0.15, 0.2) is 24.4 Å². The lowest BCUT2D eigenvalue weighted by Crippen LogP contribution is -2.47. The number of amides is 2. The molecule has 2 fully saturated rings. The Bertz CT molecular complexity index is 448. The van der Waals surface area contributed by atoms with Crippen molar-refractivity contribution in [3.8, 4) is 5.88 Å². The Kier molecular flexibility index (Phi) is 4.01. The average molecular weight is 277 g/mol. The van der Waals surface area contributed by atoms with E-state index in [-0.39, 0.29) is 12.1 Å². The van der Waals surface area contributed by atoms with E-state index < -0.39 is 0 Å². The van der Waals surface area contributed by atoms with E-state index in [0.717, 1.165) is 13.0 Å². The van der Waals surface area contributed by atoms with Crippen molar-refractivity contribution in [2.45, 2.75) is 12.5 Å². The molecule has 108 valence electrons. The summed E-state index contributed by atoms with van der Waals surface area (Å²) in [6.07, 6.45) is 2.60. The van der Waals surface area contributed by atoms with Gasteiger partial charge in [0.15, 0.2) is 0 Å². The molecule has 3 rings (SSSR count). The van der Waals surface area contributed by atoms with Crippen LogP contribution in [0.25, 0.3) is 0 Å². The number of carbonyl (C=O) groups excluding carboxylic acids is 1. The molecule has 6 heteroatoms. The Hall–Kier alpha value is -1.82. The minimum Gasteiger partial charge on any atom is -0.472 e. The van der Waals surface area contributed by atoms with Gasteiger partial charge in [-0.25, -0.2) is 9.78 Å². The number of ether oxygens (including phenoxy) is 2. The molecule has 2 amide bonds. The summed E-state index contributed by atoms with van der Waals surface area (Å²) in [5.74, 6) is 0.623.